The Morgan fingerprint density at radius 2 is 1.83 bits per heavy atom. The van der Waals surface area contributed by atoms with E-state index in [0.717, 1.165) is 18.4 Å². The fourth-order valence-corrected chi connectivity index (χ4v) is 3.34. The summed E-state index contributed by atoms with van der Waals surface area (Å²) in [6.07, 6.45) is 3.36. The lowest BCUT2D eigenvalue weighted by atomic mass is 10.0. The maximum absolute atomic E-state index is 12.5. The molecular formula is C19H22N2O3. The molecular weight excluding hydrogens is 304 g/mol. The molecule has 0 atom stereocenters. The summed E-state index contributed by atoms with van der Waals surface area (Å²) in [6.45, 7) is 0.256. The Bertz CT molecular complexity index is 777. The molecule has 0 spiro atoms. The van der Waals surface area contributed by atoms with Gasteiger partial charge in [-0.25, -0.2) is 0 Å². The normalized spacial score (nSPS) is 16.1. The van der Waals surface area contributed by atoms with Gasteiger partial charge in [-0.2, -0.15) is 0 Å². The molecule has 2 aromatic rings. The minimum Gasteiger partial charge on any atom is -0.388 e. The van der Waals surface area contributed by atoms with Crippen LogP contribution in [0.4, 0.5) is 0 Å². The molecule has 5 nitrogen and oxygen atoms in total. The predicted molar refractivity (Wildman–Crippen MR) is 92.9 cm³/mol. The summed E-state index contributed by atoms with van der Waals surface area (Å²) in [4.78, 5) is 29.1. The quantitative estimate of drug-likeness (QED) is 0.906. The summed E-state index contributed by atoms with van der Waals surface area (Å²) in [6, 6.07) is 12.8. The van der Waals surface area contributed by atoms with Crippen molar-refractivity contribution in [3.8, 4) is 11.3 Å². The van der Waals surface area contributed by atoms with Gasteiger partial charge >= 0.3 is 0 Å². The fraction of sp³-hybridized carbons (Fsp3) is 0.368. The second-order valence-electron chi connectivity index (χ2n) is 6.57. The highest BCUT2D eigenvalue weighted by atomic mass is 16.3. The monoisotopic (exact) mass is 326 g/mol. The Labute approximate surface area is 140 Å². The summed E-state index contributed by atoms with van der Waals surface area (Å²) < 4.78 is 0. The second-order valence-corrected chi connectivity index (χ2v) is 6.57. The van der Waals surface area contributed by atoms with E-state index in [4.69, 9.17) is 0 Å². The zero-order valence-corrected chi connectivity index (χ0v) is 13.8. The third-order valence-corrected chi connectivity index (χ3v) is 4.64. The van der Waals surface area contributed by atoms with Crippen molar-refractivity contribution in [3.05, 3.63) is 58.4 Å². The molecule has 1 saturated carbocycles. The first-order valence-corrected chi connectivity index (χ1v) is 8.25. The molecule has 0 unspecified atom stereocenters. The van der Waals surface area contributed by atoms with Crippen LogP contribution in [0, 0.1) is 0 Å². The first-order chi connectivity index (χ1) is 11.5. The van der Waals surface area contributed by atoms with E-state index in [-0.39, 0.29) is 18.0 Å². The number of hydrogen-bond acceptors (Lipinski definition) is 3. The fourth-order valence-electron chi connectivity index (χ4n) is 3.34. The maximum atomic E-state index is 12.5. The number of aliphatic hydroxyl groups is 1. The molecule has 1 heterocycles. The average molecular weight is 326 g/mol. The minimum atomic E-state index is -0.818. The number of rotatable bonds is 4. The van der Waals surface area contributed by atoms with E-state index in [0.29, 0.717) is 18.5 Å². The van der Waals surface area contributed by atoms with Gasteiger partial charge in [0.2, 0.25) is 0 Å². The highest BCUT2D eigenvalue weighted by molar-refractivity contribution is 5.94. The van der Waals surface area contributed by atoms with Crippen molar-refractivity contribution in [3.63, 3.8) is 0 Å². The van der Waals surface area contributed by atoms with E-state index in [1.165, 1.54) is 4.90 Å². The lowest BCUT2D eigenvalue weighted by Crippen LogP contribution is -2.43. The van der Waals surface area contributed by atoms with Crippen molar-refractivity contribution in [1.82, 2.24) is 9.88 Å². The first-order valence-electron chi connectivity index (χ1n) is 8.25. The average Bonchev–Trinajstić information content (AvgIpc) is 3.01. The summed E-state index contributed by atoms with van der Waals surface area (Å²) in [5, 5.41) is 10.4. The Morgan fingerprint density at radius 1 is 1.17 bits per heavy atom. The van der Waals surface area contributed by atoms with Crippen LogP contribution in [-0.2, 0) is 0 Å². The zero-order chi connectivity index (χ0) is 17.2. The summed E-state index contributed by atoms with van der Waals surface area (Å²) >= 11 is 0. The Kier molecular flexibility index (Phi) is 4.53. The van der Waals surface area contributed by atoms with Crippen molar-refractivity contribution in [2.24, 2.45) is 0 Å². The number of pyridine rings is 1. The molecule has 0 saturated heterocycles. The van der Waals surface area contributed by atoms with Gasteiger partial charge in [-0.3, -0.25) is 9.59 Å². The topological polar surface area (TPSA) is 73.4 Å². The van der Waals surface area contributed by atoms with Crippen molar-refractivity contribution in [2.75, 3.05) is 13.6 Å². The van der Waals surface area contributed by atoms with Gasteiger partial charge in [0.05, 0.1) is 5.60 Å². The van der Waals surface area contributed by atoms with Crippen LogP contribution in [0.5, 0.6) is 0 Å². The summed E-state index contributed by atoms with van der Waals surface area (Å²) in [5.74, 6) is -0.365. The number of aromatic amines is 1. The number of likely N-dealkylation sites (N-methyl/N-ethyl adjacent to an activating group) is 1. The first kappa shape index (κ1) is 16.5. The Balaban J connectivity index is 1.79. The standard InChI is InChI=1S/C19H22N2O3/c1-21(13-19(24)11-5-6-12-19)18(23)15-9-10-16(20-17(15)22)14-7-3-2-4-8-14/h2-4,7-10,24H,5-6,11-13H2,1H3,(H,20,22). The number of hydrogen-bond donors (Lipinski definition) is 2. The molecule has 1 aliphatic rings. The van der Waals surface area contributed by atoms with Crippen LogP contribution in [0.1, 0.15) is 36.0 Å². The van der Waals surface area contributed by atoms with Gasteiger partial charge in [-0.1, -0.05) is 43.2 Å². The van der Waals surface area contributed by atoms with Gasteiger partial charge in [-0.05, 0) is 30.5 Å². The number of aromatic nitrogens is 1. The van der Waals surface area contributed by atoms with Gasteiger partial charge in [-0.15, -0.1) is 0 Å². The van der Waals surface area contributed by atoms with E-state index < -0.39 is 11.2 Å². The third kappa shape index (κ3) is 3.41. The van der Waals surface area contributed by atoms with Crippen molar-refractivity contribution >= 4 is 5.91 Å². The number of H-pyrrole nitrogens is 1. The van der Waals surface area contributed by atoms with E-state index in [1.54, 1.807) is 19.2 Å². The Hall–Kier alpha value is -2.40. The van der Waals surface area contributed by atoms with Crippen LogP contribution < -0.4 is 5.56 Å². The van der Waals surface area contributed by atoms with E-state index >= 15 is 0 Å². The number of amides is 1. The van der Waals surface area contributed by atoms with Crippen LogP contribution in [0.15, 0.2) is 47.3 Å². The van der Waals surface area contributed by atoms with Crippen LogP contribution >= 0.6 is 0 Å². The highest BCUT2D eigenvalue weighted by Gasteiger charge is 2.33. The van der Waals surface area contributed by atoms with Gasteiger partial charge in [0, 0.05) is 19.3 Å². The van der Waals surface area contributed by atoms with Crippen LogP contribution in [0.2, 0.25) is 0 Å². The molecule has 3 rings (SSSR count). The molecule has 2 N–H and O–H groups in total. The van der Waals surface area contributed by atoms with Gasteiger partial charge in [0.15, 0.2) is 0 Å². The number of carbonyl (C=O) groups is 1. The molecule has 24 heavy (non-hydrogen) atoms. The zero-order valence-electron chi connectivity index (χ0n) is 13.8. The highest BCUT2D eigenvalue weighted by Crippen LogP contribution is 2.30. The largest absolute Gasteiger partial charge is 0.388 e. The number of nitrogens with zero attached hydrogens (tertiary/aromatic N) is 1. The van der Waals surface area contributed by atoms with Crippen LogP contribution in [-0.4, -0.2) is 40.1 Å². The predicted octanol–water partition coefficient (Wildman–Crippen LogP) is 2.42. The lowest BCUT2D eigenvalue weighted by Gasteiger charge is -2.28. The molecule has 0 bridgehead atoms. The molecule has 0 aliphatic heterocycles. The molecule has 1 aromatic carbocycles. The lowest BCUT2D eigenvalue weighted by molar-refractivity contribution is 0.0156. The van der Waals surface area contributed by atoms with E-state index in [9.17, 15) is 14.7 Å². The Morgan fingerprint density at radius 3 is 2.46 bits per heavy atom. The van der Waals surface area contributed by atoms with Crippen molar-refractivity contribution in [1.29, 1.82) is 0 Å². The molecule has 1 amide bonds. The van der Waals surface area contributed by atoms with Crippen LogP contribution in [0.3, 0.4) is 0 Å². The second kappa shape index (κ2) is 6.61. The molecule has 126 valence electrons. The van der Waals surface area contributed by atoms with Gasteiger partial charge < -0.3 is 15.0 Å². The third-order valence-electron chi connectivity index (χ3n) is 4.64. The number of benzene rings is 1. The molecule has 5 heteroatoms. The smallest absolute Gasteiger partial charge is 0.261 e. The van der Waals surface area contributed by atoms with Gasteiger partial charge in [0.25, 0.3) is 11.5 Å². The minimum absolute atomic E-state index is 0.0961. The maximum Gasteiger partial charge on any atom is 0.261 e. The van der Waals surface area contributed by atoms with Crippen molar-refractivity contribution < 1.29 is 9.90 Å². The van der Waals surface area contributed by atoms with Crippen LogP contribution in [0.25, 0.3) is 11.3 Å². The molecule has 1 aromatic heterocycles. The van der Waals surface area contributed by atoms with E-state index in [1.807, 2.05) is 30.3 Å². The summed E-state index contributed by atoms with van der Waals surface area (Å²) in [5.41, 5.74) is 0.433. The molecule has 1 fully saturated rings. The molecule has 0 radical (unpaired) electrons. The molecule has 1 aliphatic carbocycles. The summed E-state index contributed by atoms with van der Waals surface area (Å²) in [7, 11) is 1.63. The van der Waals surface area contributed by atoms with Gasteiger partial charge in [0.1, 0.15) is 5.56 Å². The van der Waals surface area contributed by atoms with Crippen molar-refractivity contribution in [2.45, 2.75) is 31.3 Å². The number of carbonyl (C=O) groups excluding carboxylic acids is 1. The SMILES string of the molecule is CN(CC1(O)CCCC1)C(=O)c1ccc(-c2ccccc2)[nH]c1=O. The number of nitrogens with one attached hydrogen (secondary N) is 1. The van der Waals surface area contributed by atoms with E-state index in [2.05, 4.69) is 4.98 Å².